The number of benzene rings is 1. The molecule has 15 heteroatoms. The van der Waals surface area contributed by atoms with Crippen LogP contribution in [0.5, 0.6) is 5.75 Å². The maximum atomic E-state index is 11.2. The van der Waals surface area contributed by atoms with Crippen molar-refractivity contribution in [1.82, 2.24) is 9.55 Å². The number of ether oxygens (including phenoxy) is 1. The van der Waals surface area contributed by atoms with Crippen molar-refractivity contribution in [3.05, 3.63) is 45.9 Å². The van der Waals surface area contributed by atoms with Crippen LogP contribution in [0.4, 0.5) is 11.5 Å². The number of guanidine groups is 1. The first-order valence-corrected chi connectivity index (χ1v) is 10.3. The molecule has 172 valence electrons. The summed E-state index contributed by atoms with van der Waals surface area (Å²) in [7, 11) is 0. The van der Waals surface area contributed by atoms with Crippen LogP contribution in [0.15, 0.2) is 29.5 Å². The van der Waals surface area contributed by atoms with E-state index in [0.29, 0.717) is 0 Å². The number of non-ortho nitro benzene ring substituents is 1. The quantitative estimate of drug-likeness (QED) is 0.152. The number of nitro benzene ring substituents is 1. The fourth-order valence-corrected chi connectivity index (χ4v) is 4.51. The maximum absolute atomic E-state index is 11.2. The second kappa shape index (κ2) is 8.19. The highest BCUT2D eigenvalue weighted by Gasteiger charge is 2.47. The number of anilines is 1. The van der Waals surface area contributed by atoms with Crippen molar-refractivity contribution < 1.29 is 35.2 Å². The molecule has 14 nitrogen and oxygen atoms in total. The first kappa shape index (κ1) is 22.3. The average molecular weight is 468 g/mol. The Labute approximate surface area is 184 Å². The molecule has 0 radical (unpaired) electrons. The normalized spacial score (nSPS) is 29.3. The van der Waals surface area contributed by atoms with Crippen molar-refractivity contribution in [1.29, 1.82) is 0 Å². The molecular formula is C17H20N6O8S. The van der Waals surface area contributed by atoms with Gasteiger partial charge in [-0.25, -0.2) is 9.98 Å². The predicted octanol–water partition coefficient (Wildman–Crippen LogP) is -1.12. The zero-order valence-corrected chi connectivity index (χ0v) is 17.1. The number of thioether (sulfide) groups is 1. The summed E-state index contributed by atoms with van der Waals surface area (Å²) < 4.78 is 6.80. The van der Waals surface area contributed by atoms with E-state index in [9.17, 15) is 35.6 Å². The van der Waals surface area contributed by atoms with Gasteiger partial charge in [0.1, 0.15) is 35.6 Å². The van der Waals surface area contributed by atoms with E-state index >= 15 is 0 Å². The summed E-state index contributed by atoms with van der Waals surface area (Å²) in [6.45, 7) is -0.519. The highest BCUT2D eigenvalue weighted by molar-refractivity contribution is 7.99. The molecule has 0 amide bonds. The molecule has 1 fully saturated rings. The summed E-state index contributed by atoms with van der Waals surface area (Å²) in [6.07, 6.45) is -3.65. The minimum Gasteiger partial charge on any atom is -0.508 e. The Morgan fingerprint density at radius 3 is 2.78 bits per heavy atom. The summed E-state index contributed by atoms with van der Waals surface area (Å²) in [5.41, 5.74) is 5.78. The number of aliphatic hydroxyl groups excluding tert-OH is 3. The van der Waals surface area contributed by atoms with Gasteiger partial charge in [-0.1, -0.05) is 11.8 Å². The number of nitro groups is 1. The van der Waals surface area contributed by atoms with Crippen molar-refractivity contribution in [2.45, 2.75) is 35.3 Å². The monoisotopic (exact) mass is 468 g/mol. The van der Waals surface area contributed by atoms with Crippen LogP contribution in [0.1, 0.15) is 17.5 Å². The summed E-state index contributed by atoms with van der Waals surface area (Å²) in [5, 5.41) is 62.5. The SMILES string of the molecule is NC1=NC(O)(SCc2cc([N+](=O)[O-])ccc2O)c2ncn([C@@H]3O[C@H](CO)[C@@H](O)[C@H]3O)c2N1. The Kier molecular flexibility index (Phi) is 5.70. The number of imidazole rings is 1. The van der Waals surface area contributed by atoms with E-state index in [1.807, 2.05) is 0 Å². The van der Waals surface area contributed by atoms with E-state index in [0.717, 1.165) is 17.8 Å². The van der Waals surface area contributed by atoms with E-state index in [4.69, 9.17) is 10.5 Å². The highest BCUT2D eigenvalue weighted by atomic mass is 32.2. The molecule has 5 atom stereocenters. The average Bonchev–Trinajstić information content (AvgIpc) is 3.28. The number of nitrogens with one attached hydrogen (secondary N) is 1. The smallest absolute Gasteiger partial charge is 0.270 e. The lowest BCUT2D eigenvalue weighted by Crippen LogP contribution is -2.37. The third-order valence-electron chi connectivity index (χ3n) is 5.11. The minimum absolute atomic E-state index is 0.000594. The van der Waals surface area contributed by atoms with Gasteiger partial charge in [0.05, 0.1) is 17.9 Å². The molecule has 3 heterocycles. The zero-order chi connectivity index (χ0) is 23.2. The van der Waals surface area contributed by atoms with E-state index in [-0.39, 0.29) is 40.2 Å². The number of aliphatic imine (C=N–C) groups is 1. The molecule has 0 saturated carbocycles. The molecule has 1 saturated heterocycles. The number of nitrogens with two attached hydrogens (primary N) is 1. The Morgan fingerprint density at radius 1 is 1.38 bits per heavy atom. The van der Waals surface area contributed by atoms with Crippen molar-refractivity contribution in [3.8, 4) is 5.75 Å². The number of aromatic nitrogens is 2. The van der Waals surface area contributed by atoms with Gasteiger partial charge in [-0.05, 0) is 6.07 Å². The van der Waals surface area contributed by atoms with E-state index < -0.39 is 41.1 Å². The van der Waals surface area contributed by atoms with Crippen molar-refractivity contribution >= 4 is 29.2 Å². The van der Waals surface area contributed by atoms with Gasteiger partial charge in [0.25, 0.3) is 10.7 Å². The van der Waals surface area contributed by atoms with Crippen LogP contribution in [0, 0.1) is 10.1 Å². The van der Waals surface area contributed by atoms with E-state index in [1.54, 1.807) is 0 Å². The van der Waals surface area contributed by atoms with Crippen LogP contribution in [-0.4, -0.2) is 70.9 Å². The first-order valence-electron chi connectivity index (χ1n) is 9.29. The largest absolute Gasteiger partial charge is 0.508 e. The van der Waals surface area contributed by atoms with Gasteiger partial charge in [-0.3, -0.25) is 14.7 Å². The molecule has 2 aliphatic heterocycles. The van der Waals surface area contributed by atoms with Gasteiger partial charge in [-0.15, -0.1) is 0 Å². The van der Waals surface area contributed by atoms with Crippen LogP contribution in [0.25, 0.3) is 0 Å². The molecule has 2 aromatic rings. The number of phenols is 1. The number of aliphatic hydroxyl groups is 4. The standard InChI is InChI=1S/C17H20N6O8S/c18-16-20-14-13(19-6-22(14)15-12(27)11(26)10(4-24)31-15)17(28,21-16)32-5-7-3-8(23(29)30)1-2-9(7)25/h1-3,6,10-12,15,24-28H,4-5H2,(H3,18,20,21)/t10-,11-,12-,15-,17?/m1/s1. The van der Waals surface area contributed by atoms with Crippen molar-refractivity contribution in [2.24, 2.45) is 10.7 Å². The number of rotatable bonds is 6. The molecule has 0 aliphatic carbocycles. The Balaban J connectivity index is 1.63. The third kappa shape index (κ3) is 3.74. The third-order valence-corrected chi connectivity index (χ3v) is 6.26. The summed E-state index contributed by atoms with van der Waals surface area (Å²) in [6, 6.07) is 3.51. The van der Waals surface area contributed by atoms with Crippen molar-refractivity contribution in [2.75, 3.05) is 11.9 Å². The van der Waals surface area contributed by atoms with E-state index in [1.165, 1.54) is 23.0 Å². The Morgan fingerprint density at radius 2 is 2.12 bits per heavy atom. The summed E-state index contributed by atoms with van der Waals surface area (Å²) >= 11 is 0.793. The molecule has 0 bridgehead atoms. The summed E-state index contributed by atoms with van der Waals surface area (Å²) in [5.74, 6) is -0.342. The lowest BCUT2D eigenvalue weighted by molar-refractivity contribution is -0.384. The van der Waals surface area contributed by atoms with Gasteiger partial charge in [-0.2, -0.15) is 0 Å². The molecule has 32 heavy (non-hydrogen) atoms. The van der Waals surface area contributed by atoms with Crippen molar-refractivity contribution in [3.63, 3.8) is 0 Å². The highest BCUT2D eigenvalue weighted by Crippen LogP contribution is 2.45. The maximum Gasteiger partial charge on any atom is 0.270 e. The number of nitrogens with zero attached hydrogens (tertiary/aromatic N) is 4. The van der Waals surface area contributed by atoms with Gasteiger partial charge < -0.3 is 41.3 Å². The number of hydrogen-bond donors (Lipinski definition) is 7. The number of fused-ring (bicyclic) bond motifs is 1. The zero-order valence-electron chi connectivity index (χ0n) is 16.3. The topological polar surface area (TPSA) is 222 Å². The van der Waals surface area contributed by atoms with Gasteiger partial charge >= 0.3 is 0 Å². The molecule has 8 N–H and O–H groups in total. The first-order chi connectivity index (χ1) is 15.1. The fraction of sp³-hybridized carbons (Fsp3) is 0.412. The number of hydrogen-bond acceptors (Lipinski definition) is 13. The van der Waals surface area contributed by atoms with Crippen LogP contribution >= 0.6 is 11.8 Å². The summed E-state index contributed by atoms with van der Waals surface area (Å²) in [4.78, 5) is 18.5. The van der Waals surface area contributed by atoms with Gasteiger partial charge in [0.2, 0.25) is 0 Å². The van der Waals surface area contributed by atoms with Crippen LogP contribution in [0.3, 0.4) is 0 Å². The molecule has 1 aromatic heterocycles. The Bertz CT molecular complexity index is 1080. The van der Waals surface area contributed by atoms with Gasteiger partial charge in [0, 0.05) is 23.4 Å². The molecular weight excluding hydrogens is 448 g/mol. The lowest BCUT2D eigenvalue weighted by Gasteiger charge is -2.29. The van der Waals surface area contributed by atoms with Gasteiger partial charge in [0.15, 0.2) is 12.2 Å². The Hall–Kier alpha value is -2.95. The molecule has 1 aromatic carbocycles. The van der Waals surface area contributed by atoms with Crippen LogP contribution < -0.4 is 11.1 Å². The predicted molar refractivity (Wildman–Crippen MR) is 110 cm³/mol. The van der Waals surface area contributed by atoms with E-state index in [2.05, 4.69) is 15.3 Å². The van der Waals surface area contributed by atoms with Crippen LogP contribution in [-0.2, 0) is 15.5 Å². The number of phenolic OH excluding ortho intramolecular Hbond substituents is 1. The number of aromatic hydroxyl groups is 1. The molecule has 1 unspecified atom stereocenters. The second-order valence-electron chi connectivity index (χ2n) is 7.17. The molecule has 2 aliphatic rings. The second-order valence-corrected chi connectivity index (χ2v) is 8.31. The molecule has 4 rings (SSSR count). The van der Waals surface area contributed by atoms with Crippen LogP contribution in [0.2, 0.25) is 0 Å². The fourth-order valence-electron chi connectivity index (χ4n) is 3.47. The molecule has 0 spiro atoms. The lowest BCUT2D eigenvalue weighted by atomic mass is 10.1. The minimum atomic E-state index is -2.04.